The number of likely N-dealkylation sites (tertiary alicyclic amines) is 1. The summed E-state index contributed by atoms with van der Waals surface area (Å²) < 4.78 is 14.6. The highest BCUT2D eigenvalue weighted by molar-refractivity contribution is 9.09. The standard InChI is InChI=1S/C39H47BrN6O7/c1-6-8-18-30(48)41-24(5)33(25-14-10-9-11-15-25)52-38(51)31-32-36(49)46(29(21-47)23(3)4)35(39(32)20-26(40)34(31)53-39)37(50)44(19-7-2)22-45-28-17-13-12-16-27(28)42-43-45/h6-7,9-17,23-24,26,29,31-35,47H,1-2,8,18-22H2,3-5H3,(H,41,48)/t24-,26?,29-,31+,32-,33-,34+,35+,39-/m0/s1. The van der Waals surface area contributed by atoms with Crippen LogP contribution >= 0.6 is 15.9 Å². The first-order valence-corrected chi connectivity index (χ1v) is 19.0. The molecule has 6 rings (SSSR count). The molecular weight excluding hydrogens is 744 g/mol. The van der Waals surface area contributed by atoms with Crippen LogP contribution in [0.25, 0.3) is 11.0 Å². The molecule has 14 heteroatoms. The molecule has 3 aliphatic rings. The summed E-state index contributed by atoms with van der Waals surface area (Å²) in [6.45, 7) is 12.8. The maximum atomic E-state index is 15.0. The van der Waals surface area contributed by atoms with Crippen LogP contribution in [0.5, 0.6) is 0 Å². The molecule has 2 aromatic carbocycles. The minimum absolute atomic E-state index is 0.0118. The Hall–Kier alpha value is -4.40. The molecule has 2 bridgehead atoms. The van der Waals surface area contributed by atoms with Crippen molar-refractivity contribution in [1.29, 1.82) is 0 Å². The third kappa shape index (κ3) is 7.04. The van der Waals surface area contributed by atoms with E-state index >= 15 is 4.79 Å². The van der Waals surface area contributed by atoms with E-state index in [2.05, 4.69) is 44.7 Å². The van der Waals surface area contributed by atoms with Crippen molar-refractivity contribution in [3.05, 3.63) is 85.5 Å². The first-order chi connectivity index (χ1) is 25.5. The Morgan fingerprint density at radius 1 is 1.13 bits per heavy atom. The quantitative estimate of drug-likeness (QED) is 0.125. The van der Waals surface area contributed by atoms with E-state index < -0.39 is 72.2 Å². The van der Waals surface area contributed by atoms with Gasteiger partial charge in [-0.05, 0) is 43.4 Å². The average Bonchev–Trinajstić information content (AvgIpc) is 3.87. The number of aliphatic hydroxyl groups is 1. The summed E-state index contributed by atoms with van der Waals surface area (Å²) in [6, 6.07) is 14.0. The van der Waals surface area contributed by atoms with E-state index in [4.69, 9.17) is 9.47 Å². The lowest BCUT2D eigenvalue weighted by Crippen LogP contribution is -2.60. The zero-order chi connectivity index (χ0) is 38.0. The van der Waals surface area contributed by atoms with E-state index in [0.29, 0.717) is 17.5 Å². The normalized spacial score (nSPS) is 26.3. The summed E-state index contributed by atoms with van der Waals surface area (Å²) in [5.41, 5.74) is 0.645. The number of benzene rings is 2. The summed E-state index contributed by atoms with van der Waals surface area (Å²) in [6.07, 6.45) is 2.60. The fourth-order valence-corrected chi connectivity index (χ4v) is 9.21. The van der Waals surface area contributed by atoms with Gasteiger partial charge in [-0.15, -0.1) is 18.3 Å². The Balaban J connectivity index is 1.36. The molecule has 282 valence electrons. The maximum Gasteiger partial charge on any atom is 0.313 e. The van der Waals surface area contributed by atoms with Crippen LogP contribution in [0.15, 0.2) is 79.9 Å². The molecule has 1 aromatic heterocycles. The molecule has 1 unspecified atom stereocenters. The van der Waals surface area contributed by atoms with Gasteiger partial charge < -0.3 is 29.7 Å². The number of hydrogen-bond acceptors (Lipinski definition) is 9. The van der Waals surface area contributed by atoms with E-state index in [1.165, 1.54) is 4.90 Å². The summed E-state index contributed by atoms with van der Waals surface area (Å²) in [4.78, 5) is 59.7. The van der Waals surface area contributed by atoms with Crippen molar-refractivity contribution in [1.82, 2.24) is 30.1 Å². The number of para-hydroxylation sites is 1. The van der Waals surface area contributed by atoms with Crippen molar-refractivity contribution in [3.8, 4) is 0 Å². The maximum absolute atomic E-state index is 15.0. The molecule has 3 aromatic rings. The fourth-order valence-electron chi connectivity index (χ4n) is 8.26. The molecule has 9 atom stereocenters. The first-order valence-electron chi connectivity index (χ1n) is 18.1. The Morgan fingerprint density at radius 3 is 2.53 bits per heavy atom. The van der Waals surface area contributed by atoms with Crippen LogP contribution in [0.3, 0.4) is 0 Å². The second kappa shape index (κ2) is 15.9. The number of amides is 3. The monoisotopic (exact) mass is 790 g/mol. The molecule has 3 aliphatic heterocycles. The number of aliphatic hydroxyl groups excluding tert-OH is 1. The molecule has 13 nitrogen and oxygen atoms in total. The fraction of sp³-hybridized carbons (Fsp3) is 0.487. The zero-order valence-electron chi connectivity index (χ0n) is 30.2. The van der Waals surface area contributed by atoms with Gasteiger partial charge in [0.15, 0.2) is 0 Å². The molecule has 0 radical (unpaired) electrons. The summed E-state index contributed by atoms with van der Waals surface area (Å²) in [5, 5.41) is 22.2. The Kier molecular flexibility index (Phi) is 11.5. The molecule has 53 heavy (non-hydrogen) atoms. The third-order valence-corrected chi connectivity index (χ3v) is 11.6. The van der Waals surface area contributed by atoms with Crippen molar-refractivity contribution >= 4 is 50.7 Å². The SMILES string of the molecule is C=CCCC(=O)N[C@@H](C)[C@H](OC(=O)[C@H]1[C@@H]2O[C@@]3(CC2Br)[C@@H]1C(=O)N([C@@H](CO)C(C)C)[C@@H]3C(=O)N(CC=C)Cn1nnc2ccccc21)c1ccccc1. The number of carbonyl (C=O) groups excluding carboxylic acids is 4. The number of esters is 1. The number of nitrogens with one attached hydrogen (secondary N) is 1. The molecule has 4 heterocycles. The number of halogens is 1. The van der Waals surface area contributed by atoms with Crippen LogP contribution in [-0.4, -0.2) is 101 Å². The van der Waals surface area contributed by atoms with Crippen LogP contribution in [0.1, 0.15) is 51.7 Å². The number of rotatable bonds is 16. The number of ether oxygens (including phenoxy) is 2. The van der Waals surface area contributed by atoms with Gasteiger partial charge in [-0.1, -0.05) is 89.6 Å². The van der Waals surface area contributed by atoms with Crippen LogP contribution in [0.4, 0.5) is 0 Å². The molecule has 3 amide bonds. The highest BCUT2D eigenvalue weighted by atomic mass is 79.9. The van der Waals surface area contributed by atoms with Gasteiger partial charge in [0, 0.05) is 17.8 Å². The summed E-state index contributed by atoms with van der Waals surface area (Å²) in [7, 11) is 0. The Bertz CT molecular complexity index is 1850. The zero-order valence-corrected chi connectivity index (χ0v) is 31.8. The predicted molar refractivity (Wildman–Crippen MR) is 200 cm³/mol. The van der Waals surface area contributed by atoms with Gasteiger partial charge in [0.1, 0.15) is 29.9 Å². The van der Waals surface area contributed by atoms with Crippen LogP contribution in [0.2, 0.25) is 0 Å². The van der Waals surface area contributed by atoms with Crippen LogP contribution in [0, 0.1) is 17.8 Å². The van der Waals surface area contributed by atoms with Gasteiger partial charge in [-0.2, -0.15) is 0 Å². The number of hydrogen-bond donors (Lipinski definition) is 2. The van der Waals surface area contributed by atoms with E-state index in [1.54, 1.807) is 28.7 Å². The molecule has 0 saturated carbocycles. The number of nitrogens with zero attached hydrogens (tertiary/aromatic N) is 5. The highest BCUT2D eigenvalue weighted by Crippen LogP contribution is 2.61. The van der Waals surface area contributed by atoms with Gasteiger partial charge in [0.05, 0.1) is 42.1 Å². The molecule has 3 fully saturated rings. The van der Waals surface area contributed by atoms with Gasteiger partial charge >= 0.3 is 5.97 Å². The van der Waals surface area contributed by atoms with Gasteiger partial charge in [-0.3, -0.25) is 19.2 Å². The number of fused-ring (bicyclic) bond motifs is 2. The van der Waals surface area contributed by atoms with Crippen LogP contribution < -0.4 is 5.32 Å². The largest absolute Gasteiger partial charge is 0.455 e. The molecular formula is C39H47BrN6O7. The number of allylic oxidation sites excluding steroid dienone is 1. The lowest BCUT2D eigenvalue weighted by atomic mass is 9.70. The van der Waals surface area contributed by atoms with E-state index in [9.17, 15) is 19.5 Å². The smallest absolute Gasteiger partial charge is 0.313 e. The molecule has 3 saturated heterocycles. The second-order valence-corrected chi connectivity index (χ2v) is 15.6. The van der Waals surface area contributed by atoms with Gasteiger partial charge in [0.25, 0.3) is 0 Å². The minimum atomic E-state index is -1.41. The minimum Gasteiger partial charge on any atom is -0.455 e. The predicted octanol–water partition coefficient (Wildman–Crippen LogP) is 3.92. The molecule has 2 N–H and O–H groups in total. The summed E-state index contributed by atoms with van der Waals surface area (Å²) >= 11 is 3.73. The highest BCUT2D eigenvalue weighted by Gasteiger charge is 2.77. The molecule has 0 aliphatic carbocycles. The summed E-state index contributed by atoms with van der Waals surface area (Å²) in [5.74, 6) is -4.14. The Labute approximate surface area is 317 Å². The van der Waals surface area contributed by atoms with Crippen molar-refractivity contribution < 1.29 is 33.8 Å². The first kappa shape index (κ1) is 38.3. The number of alkyl halides is 1. The lowest BCUT2D eigenvalue weighted by molar-refractivity contribution is -0.163. The Morgan fingerprint density at radius 2 is 1.85 bits per heavy atom. The second-order valence-electron chi connectivity index (χ2n) is 14.4. The van der Waals surface area contributed by atoms with E-state index in [0.717, 1.165) is 5.52 Å². The van der Waals surface area contributed by atoms with Crippen molar-refractivity contribution in [2.24, 2.45) is 17.8 Å². The third-order valence-electron chi connectivity index (χ3n) is 10.7. The van der Waals surface area contributed by atoms with Gasteiger partial charge in [0.2, 0.25) is 17.7 Å². The van der Waals surface area contributed by atoms with Gasteiger partial charge in [-0.25, -0.2) is 4.68 Å². The van der Waals surface area contributed by atoms with Crippen LogP contribution in [-0.2, 0) is 35.3 Å². The lowest BCUT2D eigenvalue weighted by Gasteiger charge is -2.40. The van der Waals surface area contributed by atoms with Crippen molar-refractivity contribution in [3.63, 3.8) is 0 Å². The molecule has 1 spiro atoms. The van der Waals surface area contributed by atoms with E-state index in [-0.39, 0.29) is 42.7 Å². The van der Waals surface area contributed by atoms with Crippen molar-refractivity contribution in [2.45, 2.75) is 87.5 Å². The van der Waals surface area contributed by atoms with E-state index in [1.807, 2.05) is 68.4 Å². The topological polar surface area (TPSA) is 156 Å². The number of aromatic nitrogens is 3. The van der Waals surface area contributed by atoms with Crippen molar-refractivity contribution in [2.75, 3.05) is 13.2 Å². The average molecular weight is 792 g/mol. The number of carbonyl (C=O) groups is 4.